The molecule has 0 aromatic heterocycles. The Morgan fingerprint density at radius 1 is 1.11 bits per heavy atom. The van der Waals surface area contributed by atoms with E-state index in [0.717, 1.165) is 0 Å². The lowest BCUT2D eigenvalue weighted by Crippen LogP contribution is -2.21. The van der Waals surface area contributed by atoms with Crippen molar-refractivity contribution in [2.24, 2.45) is 0 Å². The third kappa shape index (κ3) is 5.91. The van der Waals surface area contributed by atoms with E-state index >= 15 is 0 Å². The Balaban J connectivity index is 2.50. The van der Waals surface area contributed by atoms with Crippen molar-refractivity contribution in [3.05, 3.63) is 24.3 Å². The van der Waals surface area contributed by atoms with Gasteiger partial charge in [-0.3, -0.25) is 4.72 Å². The third-order valence-corrected chi connectivity index (χ3v) is 3.54. The van der Waals surface area contributed by atoms with Gasteiger partial charge in [0.1, 0.15) is 5.75 Å². The second kappa shape index (κ2) is 7.98. The van der Waals surface area contributed by atoms with Crippen LogP contribution in [0.1, 0.15) is 0 Å². The van der Waals surface area contributed by atoms with E-state index in [1.165, 1.54) is 7.11 Å². The number of anilines is 1. The van der Waals surface area contributed by atoms with Crippen molar-refractivity contribution in [1.82, 2.24) is 0 Å². The highest BCUT2D eigenvalue weighted by molar-refractivity contribution is 7.92. The summed E-state index contributed by atoms with van der Waals surface area (Å²) in [6.07, 6.45) is 0. The van der Waals surface area contributed by atoms with E-state index in [9.17, 15) is 8.42 Å². The van der Waals surface area contributed by atoms with Gasteiger partial charge in [-0.25, -0.2) is 8.42 Å². The molecule has 1 N–H and O–H groups in total. The molecule has 0 aliphatic heterocycles. The predicted molar refractivity (Wildman–Crippen MR) is 73.1 cm³/mol. The quantitative estimate of drug-likeness (QED) is 0.689. The van der Waals surface area contributed by atoms with E-state index in [2.05, 4.69) is 4.72 Å². The average molecular weight is 289 g/mol. The highest BCUT2D eigenvalue weighted by atomic mass is 32.2. The van der Waals surface area contributed by atoms with E-state index in [4.69, 9.17) is 14.2 Å². The zero-order valence-electron chi connectivity index (χ0n) is 11.1. The maximum atomic E-state index is 11.8. The van der Waals surface area contributed by atoms with Crippen LogP contribution in [0.3, 0.4) is 0 Å². The number of hydrogen-bond acceptors (Lipinski definition) is 5. The molecule has 1 aromatic carbocycles. The molecule has 0 unspecified atom stereocenters. The molecule has 0 fully saturated rings. The van der Waals surface area contributed by atoms with Crippen LogP contribution in [0.25, 0.3) is 0 Å². The van der Waals surface area contributed by atoms with Gasteiger partial charge in [0, 0.05) is 7.11 Å². The largest absolute Gasteiger partial charge is 0.495 e. The normalized spacial score (nSPS) is 11.3. The topological polar surface area (TPSA) is 73.9 Å². The number of ether oxygens (including phenoxy) is 3. The van der Waals surface area contributed by atoms with Crippen LogP contribution in [0.15, 0.2) is 24.3 Å². The van der Waals surface area contributed by atoms with Gasteiger partial charge in [-0.15, -0.1) is 0 Å². The second-order valence-electron chi connectivity index (χ2n) is 3.73. The first-order valence-corrected chi connectivity index (χ1v) is 7.44. The SMILES string of the molecule is COCCOCCS(=O)(=O)Nc1ccccc1OC. The van der Waals surface area contributed by atoms with Crippen molar-refractivity contribution in [1.29, 1.82) is 0 Å². The van der Waals surface area contributed by atoms with Crippen LogP contribution in [0.5, 0.6) is 5.75 Å². The molecule has 0 bridgehead atoms. The molecule has 108 valence electrons. The number of nitrogens with one attached hydrogen (secondary N) is 1. The highest BCUT2D eigenvalue weighted by Crippen LogP contribution is 2.24. The Morgan fingerprint density at radius 2 is 1.84 bits per heavy atom. The number of hydrogen-bond donors (Lipinski definition) is 1. The van der Waals surface area contributed by atoms with E-state index < -0.39 is 10.0 Å². The fraction of sp³-hybridized carbons (Fsp3) is 0.500. The molecule has 6 nitrogen and oxygen atoms in total. The lowest BCUT2D eigenvalue weighted by Gasteiger charge is -2.11. The minimum atomic E-state index is -3.45. The first kappa shape index (κ1) is 15.7. The molecule has 0 spiro atoms. The van der Waals surface area contributed by atoms with Crippen molar-refractivity contribution >= 4 is 15.7 Å². The number of benzene rings is 1. The molecule has 19 heavy (non-hydrogen) atoms. The maximum Gasteiger partial charge on any atom is 0.235 e. The number of methoxy groups -OCH3 is 2. The van der Waals surface area contributed by atoms with Gasteiger partial charge in [-0.05, 0) is 12.1 Å². The monoisotopic (exact) mass is 289 g/mol. The van der Waals surface area contributed by atoms with Crippen LogP contribution in [-0.4, -0.2) is 48.2 Å². The molecule has 0 aliphatic carbocycles. The van der Waals surface area contributed by atoms with E-state index in [-0.39, 0.29) is 12.4 Å². The van der Waals surface area contributed by atoms with Crippen molar-refractivity contribution in [2.75, 3.05) is 44.5 Å². The minimum Gasteiger partial charge on any atom is -0.495 e. The van der Waals surface area contributed by atoms with Crippen LogP contribution in [0.4, 0.5) is 5.69 Å². The summed E-state index contributed by atoms with van der Waals surface area (Å²) in [5, 5.41) is 0. The summed E-state index contributed by atoms with van der Waals surface area (Å²) >= 11 is 0. The molecular weight excluding hydrogens is 270 g/mol. The lowest BCUT2D eigenvalue weighted by atomic mass is 10.3. The van der Waals surface area contributed by atoms with Crippen molar-refractivity contribution in [3.63, 3.8) is 0 Å². The Bertz CT molecular complexity index is 475. The summed E-state index contributed by atoms with van der Waals surface area (Å²) in [5.74, 6) is 0.362. The van der Waals surface area contributed by atoms with Crippen molar-refractivity contribution < 1.29 is 22.6 Å². The third-order valence-electron chi connectivity index (χ3n) is 2.30. The molecule has 0 atom stereocenters. The Kier molecular flexibility index (Phi) is 6.61. The molecular formula is C12H19NO5S. The highest BCUT2D eigenvalue weighted by Gasteiger charge is 2.12. The second-order valence-corrected chi connectivity index (χ2v) is 5.57. The fourth-order valence-corrected chi connectivity index (χ4v) is 2.30. The summed E-state index contributed by atoms with van der Waals surface area (Å²) < 4.78 is 41.1. The first-order chi connectivity index (χ1) is 9.09. The van der Waals surface area contributed by atoms with E-state index in [1.807, 2.05) is 0 Å². The summed E-state index contributed by atoms with van der Waals surface area (Å²) in [7, 11) is -0.404. The van der Waals surface area contributed by atoms with Gasteiger partial charge in [0.25, 0.3) is 0 Å². The van der Waals surface area contributed by atoms with Crippen LogP contribution in [0.2, 0.25) is 0 Å². The van der Waals surface area contributed by atoms with Crippen molar-refractivity contribution in [3.8, 4) is 5.75 Å². The predicted octanol–water partition coefficient (Wildman–Crippen LogP) is 1.10. The molecule has 1 aromatic rings. The zero-order chi connectivity index (χ0) is 14.1. The first-order valence-electron chi connectivity index (χ1n) is 5.79. The van der Waals surface area contributed by atoms with Crippen LogP contribution in [-0.2, 0) is 19.5 Å². The molecule has 0 radical (unpaired) electrons. The Morgan fingerprint density at radius 3 is 2.53 bits per heavy atom. The number of para-hydroxylation sites is 2. The summed E-state index contributed by atoms with van der Waals surface area (Å²) in [6.45, 7) is 0.939. The van der Waals surface area contributed by atoms with E-state index in [0.29, 0.717) is 24.7 Å². The van der Waals surface area contributed by atoms with Gasteiger partial charge in [-0.2, -0.15) is 0 Å². The van der Waals surface area contributed by atoms with Crippen LogP contribution in [0, 0.1) is 0 Å². The van der Waals surface area contributed by atoms with E-state index in [1.54, 1.807) is 31.4 Å². The van der Waals surface area contributed by atoms with Gasteiger partial charge in [0.05, 0.1) is 38.4 Å². The summed E-state index contributed by atoms with van der Waals surface area (Å²) in [6, 6.07) is 6.83. The summed E-state index contributed by atoms with van der Waals surface area (Å²) in [5.41, 5.74) is 0.418. The Hall–Kier alpha value is -1.31. The van der Waals surface area contributed by atoms with Crippen LogP contribution >= 0.6 is 0 Å². The fourth-order valence-electron chi connectivity index (χ4n) is 1.36. The lowest BCUT2D eigenvalue weighted by molar-refractivity contribution is 0.0785. The minimum absolute atomic E-state index is 0.116. The number of rotatable bonds is 9. The summed E-state index contributed by atoms with van der Waals surface area (Å²) in [4.78, 5) is 0. The molecule has 0 aliphatic rings. The molecule has 0 amide bonds. The van der Waals surface area contributed by atoms with Gasteiger partial charge in [-0.1, -0.05) is 12.1 Å². The van der Waals surface area contributed by atoms with Gasteiger partial charge in [0.2, 0.25) is 10.0 Å². The average Bonchev–Trinajstić information content (AvgIpc) is 2.38. The van der Waals surface area contributed by atoms with Gasteiger partial charge < -0.3 is 14.2 Å². The standard InChI is InChI=1S/C12H19NO5S/c1-16-7-8-18-9-10-19(14,15)13-11-5-3-4-6-12(11)17-2/h3-6,13H,7-10H2,1-2H3. The maximum absolute atomic E-state index is 11.8. The molecule has 0 saturated carbocycles. The smallest absolute Gasteiger partial charge is 0.235 e. The number of sulfonamides is 1. The molecule has 1 rings (SSSR count). The van der Waals surface area contributed by atoms with Crippen molar-refractivity contribution in [2.45, 2.75) is 0 Å². The van der Waals surface area contributed by atoms with Crippen LogP contribution < -0.4 is 9.46 Å². The molecule has 0 saturated heterocycles. The molecule has 0 heterocycles. The van der Waals surface area contributed by atoms with Gasteiger partial charge >= 0.3 is 0 Å². The molecule has 7 heteroatoms. The van der Waals surface area contributed by atoms with Gasteiger partial charge in [0.15, 0.2) is 0 Å². The zero-order valence-corrected chi connectivity index (χ0v) is 11.9. The Labute approximate surface area is 113 Å².